The van der Waals surface area contributed by atoms with Crippen molar-refractivity contribution < 1.29 is 14.3 Å². The Hall–Kier alpha value is -2.24. The molecule has 1 aliphatic heterocycles. The van der Waals surface area contributed by atoms with Gasteiger partial charge >= 0.3 is 0 Å². The number of carbonyl (C=O) groups is 1. The maximum Gasteiger partial charge on any atom is 0.258 e. The minimum Gasteiger partial charge on any atom is -0.489 e. The smallest absolute Gasteiger partial charge is 0.258 e. The summed E-state index contributed by atoms with van der Waals surface area (Å²) < 4.78 is 11.3. The van der Waals surface area contributed by atoms with Crippen LogP contribution in [0.15, 0.2) is 54.6 Å². The van der Waals surface area contributed by atoms with Crippen LogP contribution >= 0.6 is 12.4 Å². The normalized spacial score (nSPS) is 16.2. The molecule has 5 nitrogen and oxygen atoms in total. The molecule has 0 unspecified atom stereocenters. The average molecular weight is 377 g/mol. The molecule has 3 rings (SSSR count). The van der Waals surface area contributed by atoms with Gasteiger partial charge in [0.15, 0.2) is 6.61 Å². The van der Waals surface area contributed by atoms with Gasteiger partial charge in [0.05, 0.1) is 0 Å². The molecule has 0 radical (unpaired) electrons. The third kappa shape index (κ3) is 6.58. The SMILES string of the molecule is Cl.O=C(COc1ccc(OCc2ccccc2)cc1)N[C@H]1CCCNC1. The molecule has 140 valence electrons. The average Bonchev–Trinajstić information content (AvgIpc) is 2.67. The highest BCUT2D eigenvalue weighted by Gasteiger charge is 2.15. The molecule has 2 aromatic rings. The van der Waals surface area contributed by atoms with Gasteiger partial charge in [-0.1, -0.05) is 30.3 Å². The van der Waals surface area contributed by atoms with E-state index in [1.54, 1.807) is 0 Å². The van der Waals surface area contributed by atoms with Crippen LogP contribution in [0, 0.1) is 0 Å². The van der Waals surface area contributed by atoms with E-state index in [1.807, 2.05) is 54.6 Å². The lowest BCUT2D eigenvalue weighted by Gasteiger charge is -2.23. The number of halogens is 1. The van der Waals surface area contributed by atoms with E-state index in [-0.39, 0.29) is 31.0 Å². The lowest BCUT2D eigenvalue weighted by Crippen LogP contribution is -2.46. The zero-order valence-electron chi connectivity index (χ0n) is 14.6. The monoisotopic (exact) mass is 376 g/mol. The summed E-state index contributed by atoms with van der Waals surface area (Å²) in [5, 5.41) is 6.26. The highest BCUT2D eigenvalue weighted by atomic mass is 35.5. The van der Waals surface area contributed by atoms with Gasteiger partial charge in [0, 0.05) is 12.6 Å². The van der Waals surface area contributed by atoms with Crippen LogP contribution in [0.5, 0.6) is 11.5 Å². The number of hydrogen-bond acceptors (Lipinski definition) is 4. The van der Waals surface area contributed by atoms with Gasteiger partial charge in [-0.25, -0.2) is 0 Å². The molecule has 0 bridgehead atoms. The van der Waals surface area contributed by atoms with Crippen LogP contribution in [-0.2, 0) is 11.4 Å². The maximum absolute atomic E-state index is 11.9. The van der Waals surface area contributed by atoms with E-state index in [0.29, 0.717) is 12.4 Å². The number of piperidine rings is 1. The molecular weight excluding hydrogens is 352 g/mol. The Bertz CT molecular complexity index is 659. The van der Waals surface area contributed by atoms with Crippen molar-refractivity contribution in [3.05, 3.63) is 60.2 Å². The molecule has 1 fully saturated rings. The van der Waals surface area contributed by atoms with Crippen molar-refractivity contribution in [1.82, 2.24) is 10.6 Å². The van der Waals surface area contributed by atoms with Gasteiger partial charge in [0.1, 0.15) is 18.1 Å². The van der Waals surface area contributed by atoms with E-state index in [4.69, 9.17) is 9.47 Å². The Balaban J connectivity index is 0.00000243. The fourth-order valence-corrected chi connectivity index (χ4v) is 2.77. The fraction of sp³-hybridized carbons (Fsp3) is 0.350. The third-order valence-corrected chi connectivity index (χ3v) is 4.10. The molecule has 1 heterocycles. The molecule has 1 aliphatic rings. The lowest BCUT2D eigenvalue weighted by atomic mass is 10.1. The number of nitrogens with one attached hydrogen (secondary N) is 2. The second-order valence-electron chi connectivity index (χ2n) is 6.15. The van der Waals surface area contributed by atoms with E-state index < -0.39 is 0 Å². The number of benzene rings is 2. The molecule has 0 saturated carbocycles. The van der Waals surface area contributed by atoms with E-state index >= 15 is 0 Å². The molecule has 6 heteroatoms. The molecule has 0 aromatic heterocycles. The van der Waals surface area contributed by atoms with Crippen LogP contribution in [0.4, 0.5) is 0 Å². The highest BCUT2D eigenvalue weighted by molar-refractivity contribution is 5.85. The van der Waals surface area contributed by atoms with Crippen LogP contribution in [0.25, 0.3) is 0 Å². The summed E-state index contributed by atoms with van der Waals surface area (Å²) in [5.74, 6) is 1.34. The van der Waals surface area contributed by atoms with Crippen molar-refractivity contribution in [1.29, 1.82) is 0 Å². The van der Waals surface area contributed by atoms with Crippen molar-refractivity contribution in [3.63, 3.8) is 0 Å². The molecule has 1 amide bonds. The lowest BCUT2D eigenvalue weighted by molar-refractivity contribution is -0.123. The van der Waals surface area contributed by atoms with Gasteiger partial charge in [0.25, 0.3) is 5.91 Å². The van der Waals surface area contributed by atoms with Crippen LogP contribution in [0.3, 0.4) is 0 Å². The minimum absolute atomic E-state index is 0. The summed E-state index contributed by atoms with van der Waals surface area (Å²) in [4.78, 5) is 11.9. The maximum atomic E-state index is 11.9. The molecule has 2 aromatic carbocycles. The minimum atomic E-state index is -0.0851. The first-order chi connectivity index (χ1) is 12.3. The summed E-state index contributed by atoms with van der Waals surface area (Å²) in [7, 11) is 0. The molecule has 0 aliphatic carbocycles. The van der Waals surface area contributed by atoms with Gasteiger partial charge in [-0.3, -0.25) is 4.79 Å². The first-order valence-corrected chi connectivity index (χ1v) is 8.69. The van der Waals surface area contributed by atoms with Crippen molar-refractivity contribution in [2.45, 2.75) is 25.5 Å². The van der Waals surface area contributed by atoms with Gasteiger partial charge < -0.3 is 20.1 Å². The first-order valence-electron chi connectivity index (χ1n) is 8.69. The summed E-state index contributed by atoms with van der Waals surface area (Å²) in [6.45, 7) is 2.42. The number of ether oxygens (including phenoxy) is 2. The largest absolute Gasteiger partial charge is 0.489 e. The highest BCUT2D eigenvalue weighted by Crippen LogP contribution is 2.18. The second-order valence-corrected chi connectivity index (χ2v) is 6.15. The molecule has 26 heavy (non-hydrogen) atoms. The first kappa shape index (κ1) is 20.1. The summed E-state index contributed by atoms with van der Waals surface area (Å²) in [6.07, 6.45) is 2.11. The molecular formula is C20H25ClN2O3. The summed E-state index contributed by atoms with van der Waals surface area (Å²) in [6, 6.07) is 17.5. The van der Waals surface area contributed by atoms with Gasteiger partial charge in [-0.2, -0.15) is 0 Å². The summed E-state index contributed by atoms with van der Waals surface area (Å²) >= 11 is 0. The van der Waals surface area contributed by atoms with Crippen molar-refractivity contribution in [2.75, 3.05) is 19.7 Å². The van der Waals surface area contributed by atoms with E-state index in [9.17, 15) is 4.79 Å². The van der Waals surface area contributed by atoms with Gasteiger partial charge in [-0.05, 0) is 49.2 Å². The molecule has 0 spiro atoms. The Kier molecular flexibility index (Phi) is 8.25. The number of rotatable bonds is 7. The number of carbonyl (C=O) groups excluding carboxylic acids is 1. The Morgan fingerprint density at radius 2 is 1.73 bits per heavy atom. The third-order valence-electron chi connectivity index (χ3n) is 4.10. The fourth-order valence-electron chi connectivity index (χ4n) is 2.77. The number of amides is 1. The van der Waals surface area contributed by atoms with E-state index in [1.165, 1.54) is 0 Å². The van der Waals surface area contributed by atoms with Crippen LogP contribution in [0.1, 0.15) is 18.4 Å². The quantitative estimate of drug-likeness (QED) is 0.780. The zero-order valence-corrected chi connectivity index (χ0v) is 15.5. The van der Waals surface area contributed by atoms with Crippen LogP contribution < -0.4 is 20.1 Å². The Labute approximate surface area is 160 Å². The van der Waals surface area contributed by atoms with E-state index in [2.05, 4.69) is 10.6 Å². The van der Waals surface area contributed by atoms with Crippen molar-refractivity contribution >= 4 is 18.3 Å². The van der Waals surface area contributed by atoms with Gasteiger partial charge in [0.2, 0.25) is 0 Å². The molecule has 1 saturated heterocycles. The zero-order chi connectivity index (χ0) is 17.3. The van der Waals surface area contributed by atoms with Crippen LogP contribution in [-0.4, -0.2) is 31.6 Å². The topological polar surface area (TPSA) is 59.6 Å². The summed E-state index contributed by atoms with van der Waals surface area (Å²) in [5.41, 5.74) is 1.12. The standard InChI is InChI=1S/C20H24N2O3.ClH/c23-20(22-17-7-4-12-21-13-17)15-25-19-10-8-18(9-11-19)24-14-16-5-2-1-3-6-16;/h1-3,5-6,8-11,17,21H,4,7,12-15H2,(H,22,23);1H/t17-;/m0./s1. The second kappa shape index (κ2) is 10.7. The van der Waals surface area contributed by atoms with Gasteiger partial charge in [-0.15, -0.1) is 12.4 Å². The van der Waals surface area contributed by atoms with Crippen molar-refractivity contribution in [2.24, 2.45) is 0 Å². The van der Waals surface area contributed by atoms with E-state index in [0.717, 1.165) is 37.2 Å². The number of hydrogen-bond donors (Lipinski definition) is 2. The molecule has 2 N–H and O–H groups in total. The van der Waals surface area contributed by atoms with Crippen LogP contribution in [0.2, 0.25) is 0 Å². The van der Waals surface area contributed by atoms with Crippen molar-refractivity contribution in [3.8, 4) is 11.5 Å². The predicted molar refractivity (Wildman–Crippen MR) is 104 cm³/mol. The Morgan fingerprint density at radius 1 is 1.04 bits per heavy atom. The predicted octanol–water partition coefficient (Wildman–Crippen LogP) is 2.93. The Morgan fingerprint density at radius 3 is 2.38 bits per heavy atom. The molecule has 1 atom stereocenters.